The molecule has 0 radical (unpaired) electrons. The summed E-state index contributed by atoms with van der Waals surface area (Å²) in [7, 11) is -8.29. The van der Waals surface area contributed by atoms with Crippen LogP contribution in [0.1, 0.15) is 75.2 Å². The number of nitrogens with zero attached hydrogens (tertiary/aromatic N) is 3. The quantitative estimate of drug-likeness (QED) is 0.0108. The van der Waals surface area contributed by atoms with Crippen LogP contribution in [0.3, 0.4) is 0 Å². The number of ether oxygens (including phenoxy) is 8. The predicted molar refractivity (Wildman–Crippen MR) is 321 cm³/mol. The number of carbonyl (C=O) groups excluding carboxylic acids is 8. The summed E-state index contributed by atoms with van der Waals surface area (Å²) in [6.07, 6.45) is -4.77. The molecular weight excluding hydrogens is 1690 g/mol. The van der Waals surface area contributed by atoms with Crippen molar-refractivity contribution in [2.45, 2.75) is 103 Å². The Morgan fingerprint density at radius 2 is 0.844 bits per heavy atom. The fourth-order valence-corrected chi connectivity index (χ4v) is 6.96. The van der Waals surface area contributed by atoms with Crippen LogP contribution in [0.15, 0.2) is 72.8 Å². The number of aliphatic carboxylic acids is 1. The minimum Gasteiger partial charge on any atom is -0.748 e. The Morgan fingerprint density at radius 1 is 0.542 bits per heavy atom. The molecule has 38 nitrogen and oxygen atoms in total. The zero-order valence-electron chi connectivity index (χ0n) is 52.3. The monoisotopic (exact) mass is 1750 g/mol. The van der Waals surface area contributed by atoms with Gasteiger partial charge in [0.2, 0.25) is 12.6 Å². The molecule has 0 heterocycles. The first-order chi connectivity index (χ1) is 43.0. The second-order valence-electron chi connectivity index (χ2n) is 15.5. The zero-order valence-corrected chi connectivity index (χ0v) is 68.0. The minimum atomic E-state index is -4.27. The summed E-state index contributed by atoms with van der Waals surface area (Å²) in [5.41, 5.74) is 2.39. The van der Waals surface area contributed by atoms with Gasteiger partial charge in [0, 0.05) is 101 Å². The number of nitrogens with two attached hydrogens (primary N) is 1. The van der Waals surface area contributed by atoms with Gasteiger partial charge in [-0.1, -0.05) is 58.0 Å². The number of phenolic OH excluding ortho intramolecular Hbond substituents is 1. The van der Waals surface area contributed by atoms with Gasteiger partial charge in [-0.25, -0.2) is 36.0 Å². The number of halogens is 6. The second kappa shape index (κ2) is 63.2. The molecule has 96 heavy (non-hydrogen) atoms. The van der Waals surface area contributed by atoms with Crippen molar-refractivity contribution in [2.24, 2.45) is 5.73 Å². The van der Waals surface area contributed by atoms with E-state index in [0.29, 0.717) is 0 Å². The maximum Gasteiger partial charge on any atom is 1.00 e. The number of carbonyl (C=O) groups is 9. The number of carboxylic acid groups (broad SMARTS) is 1. The normalized spacial score (nSPS) is 10.6. The molecule has 0 aromatic heterocycles. The molecule has 0 spiro atoms. The van der Waals surface area contributed by atoms with E-state index >= 15 is 0 Å². The number of hydrogen-bond donors (Lipinski definition) is 4. The molecule has 530 valence electrons. The van der Waals surface area contributed by atoms with Gasteiger partial charge in [0.25, 0.3) is 23.0 Å². The van der Waals surface area contributed by atoms with Crippen LogP contribution >= 0.6 is 69.6 Å². The van der Waals surface area contributed by atoms with Crippen LogP contribution in [0.25, 0.3) is 0 Å². The number of nitrogens with one attached hydrogen (secondary N) is 1. The van der Waals surface area contributed by atoms with Gasteiger partial charge in [-0.15, -0.1) is 0 Å². The largest absolute Gasteiger partial charge is 1.00 e. The molecule has 3 aromatic carbocycles. The van der Waals surface area contributed by atoms with Crippen molar-refractivity contribution in [1.82, 2.24) is 5.32 Å². The summed E-state index contributed by atoms with van der Waals surface area (Å²) < 4.78 is 105. The fourth-order valence-electron chi connectivity index (χ4n) is 4.09. The van der Waals surface area contributed by atoms with E-state index < -0.39 is 136 Å². The van der Waals surface area contributed by atoms with Crippen LogP contribution in [0.4, 0.5) is 36.2 Å². The van der Waals surface area contributed by atoms with Crippen molar-refractivity contribution >= 4 is 161 Å². The average molecular weight is 1750 g/mol. The Morgan fingerprint density at radius 3 is 1.09 bits per heavy atom. The number of non-ortho nitro benzene ring substituents is 3. The van der Waals surface area contributed by atoms with Gasteiger partial charge < -0.3 is 68.3 Å². The number of benzene rings is 3. The first-order valence-corrected chi connectivity index (χ1v) is 34.8. The number of amides is 1. The molecule has 0 aliphatic rings. The molecule has 0 aliphatic heterocycles. The molecule has 0 aliphatic carbocycles. The van der Waals surface area contributed by atoms with Crippen LogP contribution in [0, 0.1) is 30.3 Å². The summed E-state index contributed by atoms with van der Waals surface area (Å²) >= 11 is 27.6. The number of esters is 2. The number of nitro benzene ring substituents is 3. The van der Waals surface area contributed by atoms with Crippen LogP contribution in [0.2, 0.25) is 0 Å². The molecule has 0 fully saturated rings. The van der Waals surface area contributed by atoms with E-state index in [0.717, 1.165) is 13.8 Å². The predicted octanol–water partition coefficient (Wildman–Crippen LogP) is 2.51. The molecule has 49 heteroatoms. The number of phenols is 1. The van der Waals surface area contributed by atoms with Crippen molar-refractivity contribution in [1.29, 1.82) is 0 Å². The number of alkyl halides is 5. The fraction of sp³-hybridized carbons (Fsp3) is 0.426. The van der Waals surface area contributed by atoms with E-state index in [1.165, 1.54) is 121 Å². The third-order valence-electron chi connectivity index (χ3n) is 7.23. The van der Waals surface area contributed by atoms with E-state index in [2.05, 4.69) is 39.0 Å². The van der Waals surface area contributed by atoms with E-state index in [9.17, 15) is 94.6 Å². The van der Waals surface area contributed by atoms with E-state index in [4.69, 9.17) is 99.8 Å². The molecule has 0 bridgehead atoms. The van der Waals surface area contributed by atoms with Crippen LogP contribution in [-0.2, 0) is 103 Å². The number of hydrogen-bond acceptors (Lipinski definition) is 33. The molecule has 0 saturated carbocycles. The van der Waals surface area contributed by atoms with Crippen molar-refractivity contribution in [3.8, 4) is 17.2 Å². The van der Waals surface area contributed by atoms with E-state index in [1.54, 1.807) is 0 Å². The Bertz CT molecular complexity index is 3010. The summed E-state index contributed by atoms with van der Waals surface area (Å²) in [4.78, 5) is 122. The first kappa shape index (κ1) is 107. The number of aromatic hydroxyl groups is 1. The summed E-state index contributed by atoms with van der Waals surface area (Å²) in [5, 5.41) is 49.1. The summed E-state index contributed by atoms with van der Waals surface area (Å²) in [5.74, 6) is -3.41. The molecule has 3 rings (SSSR count). The van der Waals surface area contributed by atoms with Crippen molar-refractivity contribution < 1.29 is 222 Å². The van der Waals surface area contributed by atoms with Crippen LogP contribution < -0.4 is 79.6 Å². The van der Waals surface area contributed by atoms with Crippen molar-refractivity contribution in [2.75, 3.05) is 24.6 Å². The maximum atomic E-state index is 11.3. The standard InChI is InChI=1S/C11H11NO7.C9H8ClNO5.C8H15NO7S.C6H5NO3.C3H4Cl2O2.C3H9NO3S.3C2H4O2.CHCl3.Hg.2Na/c1-7(13)17-8(2)18-11(14)19-10-5-3-9(4-6-10)12(15)16;1-6(10)15-9(12)16-8-4-2-7(3-5-8)11(13)14;1-6(10)15-7(2)16-8(11)9-4-3-5-17(12,13)14;8-6-3-1-5(2-4-6)7(9)10;1-2(4)7-3(5)6;4-2-1-3-8(5,6)7;3*1-2(3)4;2-1(3)4;;;/h3-6,8H,1-2H3;2-6H,1H3;7H,3-5H2,1-2H3,(H,9,11)(H,12,13,14);1-4,8H;2H,1H3;1-4H2,(H,5,6,7);3*1H3,(H,3,4);1H;;;/q;;;;;;;;;;+2;2*+1/p-4. The van der Waals surface area contributed by atoms with Crippen molar-refractivity contribution in [3.05, 3.63) is 103 Å². The van der Waals surface area contributed by atoms with Gasteiger partial charge >= 0.3 is 161 Å². The first-order valence-electron chi connectivity index (χ1n) is 24.6. The van der Waals surface area contributed by atoms with Gasteiger partial charge in [0.15, 0.2) is 15.4 Å². The van der Waals surface area contributed by atoms with Crippen LogP contribution in [-0.4, -0.2) is 157 Å². The third-order valence-corrected chi connectivity index (χ3v) is 13.2. The van der Waals surface area contributed by atoms with Gasteiger partial charge in [-0.3, -0.25) is 44.7 Å². The summed E-state index contributed by atoms with van der Waals surface area (Å²) in [6, 6.07) is 14.9. The Hall–Kier alpha value is -5.25. The third kappa shape index (κ3) is 88.7. The van der Waals surface area contributed by atoms with Gasteiger partial charge in [-0.2, -0.15) is 0 Å². The molecular formula is C47H61Cl6HgN5Na2O33S2. The maximum absolute atomic E-state index is 11.3. The number of alkyl carbamates (subject to hydrolysis) is 1. The van der Waals surface area contributed by atoms with Crippen molar-refractivity contribution in [3.63, 3.8) is 0 Å². The molecule has 5 N–H and O–H groups in total. The molecule has 4 atom stereocenters. The van der Waals surface area contributed by atoms with Crippen LogP contribution in [0.5, 0.6) is 17.2 Å². The SMILES string of the molecule is CC(=O)O.CC(=O)OC(C)OC(=O)NCCCS(=O)(=O)[O-].CC(=O)OC(C)OC(=O)Oc1ccc([N+](=O)[O-])cc1.CC(=O)[O][Hg][O]C(C)=O.CC(Cl)OC(=O)Cl.CC(Cl)OC(=O)Oc1ccc([N+](=O)[O-])cc1.ClC(Cl)Cl.NCCCS(=O)(=O)[O-].O=[N+]([O-])c1ccc(O)cc1.[Na+].[Na+]. The number of carboxylic acids is 1. The van der Waals surface area contributed by atoms with Gasteiger partial charge in [0.1, 0.15) is 17.2 Å². The molecule has 4 unspecified atom stereocenters. The summed E-state index contributed by atoms with van der Waals surface area (Å²) in [6.45, 7) is 11.9. The Kier molecular flexibility index (Phi) is 70.3. The van der Waals surface area contributed by atoms with Gasteiger partial charge in [-0.05, 0) is 69.6 Å². The van der Waals surface area contributed by atoms with E-state index in [-0.39, 0.29) is 137 Å². The van der Waals surface area contributed by atoms with Gasteiger partial charge in [0.05, 0.1) is 35.0 Å². The minimum absolute atomic E-state index is 0. The molecule has 0 saturated heterocycles. The molecule has 3 aromatic rings. The van der Waals surface area contributed by atoms with E-state index in [1.807, 2.05) is 0 Å². The topological polar surface area (TPSA) is 568 Å². The smallest absolute Gasteiger partial charge is 0.748 e. The molecule has 1 amide bonds. The second-order valence-corrected chi connectivity index (χ2v) is 25.2. The average Bonchev–Trinajstić information content (AvgIpc) is 1.01. The number of rotatable bonds is 20. The number of nitro groups is 3. The Balaban J connectivity index is -0.000000157. The zero-order chi connectivity index (χ0) is 74.5. The Labute approximate surface area is 635 Å².